The molecule has 0 fully saturated rings. The van der Waals surface area contributed by atoms with Gasteiger partial charge in [-0.05, 0) is 6.92 Å². The Balaban J connectivity index is 0.00000180. The maximum atomic E-state index is 8.98. The van der Waals surface area contributed by atoms with E-state index in [1.807, 2.05) is 19.4 Å². The molecule has 2 aromatic heterocycles. The number of aromatic nitrogens is 3. The first-order valence-electron chi connectivity index (χ1n) is 5.77. The van der Waals surface area contributed by atoms with E-state index in [2.05, 4.69) is 14.5 Å². The number of rotatable bonds is 4. The molecule has 0 aromatic carbocycles. The van der Waals surface area contributed by atoms with Crippen LogP contribution in [0.1, 0.15) is 22.0 Å². The summed E-state index contributed by atoms with van der Waals surface area (Å²) in [5, 5.41) is 8.98. The van der Waals surface area contributed by atoms with E-state index in [0.29, 0.717) is 24.6 Å². The fourth-order valence-corrected chi connectivity index (χ4v) is 2.75. The summed E-state index contributed by atoms with van der Waals surface area (Å²) in [4.78, 5) is 9.53. The SMILES string of the molecule is Cc1ncc(C[n+]2csc(CCO)c2C)c(N)n1.[Cl-].[Fe]. The number of nitrogens with two attached hydrogens (primary N) is 1. The van der Waals surface area contributed by atoms with E-state index >= 15 is 0 Å². The van der Waals surface area contributed by atoms with Gasteiger partial charge in [0.25, 0.3) is 0 Å². The Kier molecular flexibility index (Phi) is 8.23. The molecule has 112 valence electrons. The van der Waals surface area contributed by atoms with Crippen molar-refractivity contribution in [3.63, 3.8) is 0 Å². The van der Waals surface area contributed by atoms with E-state index in [-0.39, 0.29) is 36.1 Å². The quantitative estimate of drug-likeness (QED) is 0.473. The van der Waals surface area contributed by atoms with E-state index in [1.54, 1.807) is 17.5 Å². The average molecular weight is 357 g/mol. The van der Waals surface area contributed by atoms with Crippen molar-refractivity contribution < 1.29 is 39.1 Å². The van der Waals surface area contributed by atoms with Crippen LogP contribution in [0.15, 0.2) is 11.7 Å². The van der Waals surface area contributed by atoms with Crippen LogP contribution >= 0.6 is 11.3 Å². The van der Waals surface area contributed by atoms with Gasteiger partial charge in [0.1, 0.15) is 11.6 Å². The standard InChI is InChI=1S/C12H17N4OS.ClH.Fe/c1-8-11(3-4-17)18-7-16(8)6-10-5-14-9(2)15-12(10)13;;/h5,7,17H,3-4,6H2,1-2H3,(H2,13,14,15);1H;/q+1;;/p-1. The molecular formula is C12H17ClFeN4OS. The van der Waals surface area contributed by atoms with Crippen LogP contribution in [0.25, 0.3) is 0 Å². The minimum atomic E-state index is 0. The fraction of sp³-hybridized carbons (Fsp3) is 0.417. The summed E-state index contributed by atoms with van der Waals surface area (Å²) < 4.78 is 2.11. The van der Waals surface area contributed by atoms with Crippen LogP contribution in [0, 0.1) is 13.8 Å². The molecule has 0 amide bonds. The third kappa shape index (κ3) is 4.39. The van der Waals surface area contributed by atoms with E-state index in [0.717, 1.165) is 11.3 Å². The van der Waals surface area contributed by atoms with Crippen molar-refractivity contribution in [1.82, 2.24) is 9.97 Å². The van der Waals surface area contributed by atoms with E-state index in [4.69, 9.17) is 10.8 Å². The number of hydrogen-bond acceptors (Lipinski definition) is 5. The summed E-state index contributed by atoms with van der Waals surface area (Å²) in [5.74, 6) is 1.22. The Morgan fingerprint density at radius 3 is 2.70 bits per heavy atom. The summed E-state index contributed by atoms with van der Waals surface area (Å²) >= 11 is 1.65. The number of nitrogen functional groups attached to an aromatic ring is 1. The molecule has 2 heterocycles. The Bertz CT molecular complexity index is 564. The molecule has 0 bridgehead atoms. The Morgan fingerprint density at radius 1 is 1.40 bits per heavy atom. The van der Waals surface area contributed by atoms with Crippen molar-refractivity contribution in [2.75, 3.05) is 12.3 Å². The predicted octanol–water partition coefficient (Wildman–Crippen LogP) is -2.39. The van der Waals surface area contributed by atoms with Crippen LogP contribution in [-0.2, 0) is 30.0 Å². The van der Waals surface area contributed by atoms with Crippen LogP contribution in [0.2, 0.25) is 0 Å². The van der Waals surface area contributed by atoms with Crippen LogP contribution in [-0.4, -0.2) is 21.7 Å². The van der Waals surface area contributed by atoms with Crippen LogP contribution < -0.4 is 22.7 Å². The third-order valence-corrected chi connectivity index (χ3v) is 4.00. The predicted molar refractivity (Wildman–Crippen MR) is 70.3 cm³/mol. The smallest absolute Gasteiger partial charge is 0.225 e. The minimum Gasteiger partial charge on any atom is -1.00 e. The first kappa shape index (κ1) is 19.3. The number of halogens is 1. The molecule has 2 aromatic rings. The molecule has 2 rings (SSSR count). The molecule has 0 saturated heterocycles. The summed E-state index contributed by atoms with van der Waals surface area (Å²) in [6, 6.07) is 0. The average Bonchev–Trinajstić information content (AvgIpc) is 2.66. The summed E-state index contributed by atoms with van der Waals surface area (Å²) in [6.45, 7) is 4.71. The van der Waals surface area contributed by atoms with Crippen LogP contribution in [0.4, 0.5) is 5.82 Å². The molecule has 0 saturated carbocycles. The van der Waals surface area contributed by atoms with Gasteiger partial charge >= 0.3 is 0 Å². The topological polar surface area (TPSA) is 75.9 Å². The van der Waals surface area contributed by atoms with Gasteiger partial charge in [0.15, 0.2) is 12.2 Å². The van der Waals surface area contributed by atoms with Gasteiger partial charge in [-0.3, -0.25) is 0 Å². The molecule has 20 heavy (non-hydrogen) atoms. The third-order valence-electron chi connectivity index (χ3n) is 2.85. The molecule has 0 aliphatic rings. The Hall–Kier alpha value is -0.721. The molecule has 0 aliphatic heterocycles. The molecule has 3 N–H and O–H groups in total. The van der Waals surface area contributed by atoms with Crippen molar-refractivity contribution in [3.8, 4) is 0 Å². The first-order chi connectivity index (χ1) is 8.61. The second kappa shape index (κ2) is 8.54. The van der Waals surface area contributed by atoms with Crippen molar-refractivity contribution in [3.05, 3.63) is 33.7 Å². The minimum absolute atomic E-state index is 0. The number of aryl methyl sites for hydroxylation is 1. The molecular weight excluding hydrogens is 340 g/mol. The Morgan fingerprint density at radius 2 is 2.10 bits per heavy atom. The van der Waals surface area contributed by atoms with E-state index in [1.165, 1.54) is 4.88 Å². The summed E-state index contributed by atoms with van der Waals surface area (Å²) in [6.07, 6.45) is 2.47. The molecule has 8 heteroatoms. The molecule has 0 atom stereocenters. The number of hydrogen-bond donors (Lipinski definition) is 2. The normalized spacial score (nSPS) is 9.75. The molecule has 0 unspecified atom stereocenters. The Labute approximate surface area is 139 Å². The number of anilines is 1. The van der Waals surface area contributed by atoms with Crippen molar-refractivity contribution in [2.24, 2.45) is 0 Å². The van der Waals surface area contributed by atoms with Gasteiger partial charge < -0.3 is 23.2 Å². The molecule has 0 spiro atoms. The van der Waals surface area contributed by atoms with Crippen LogP contribution in [0.5, 0.6) is 0 Å². The largest absolute Gasteiger partial charge is 1.00 e. The van der Waals surface area contributed by atoms with Crippen molar-refractivity contribution >= 4 is 17.2 Å². The monoisotopic (exact) mass is 356 g/mol. The number of aliphatic hydroxyl groups excluding tert-OH is 1. The maximum Gasteiger partial charge on any atom is 0.225 e. The number of aliphatic hydroxyl groups is 1. The van der Waals surface area contributed by atoms with Gasteiger partial charge in [0.05, 0.1) is 10.4 Å². The maximum absolute atomic E-state index is 8.98. The molecule has 0 aliphatic carbocycles. The van der Waals surface area contributed by atoms with Gasteiger partial charge in [-0.2, -0.15) is 4.57 Å². The van der Waals surface area contributed by atoms with Gasteiger partial charge in [-0.15, -0.1) is 0 Å². The van der Waals surface area contributed by atoms with Gasteiger partial charge in [0.2, 0.25) is 5.51 Å². The molecule has 0 radical (unpaired) electrons. The fourth-order valence-electron chi connectivity index (χ4n) is 1.77. The summed E-state index contributed by atoms with van der Waals surface area (Å²) in [7, 11) is 0. The number of thiazole rings is 1. The second-order valence-electron chi connectivity index (χ2n) is 4.16. The second-order valence-corrected chi connectivity index (χ2v) is 5.10. The summed E-state index contributed by atoms with van der Waals surface area (Å²) in [5.41, 5.74) is 10.0. The van der Waals surface area contributed by atoms with E-state index in [9.17, 15) is 0 Å². The van der Waals surface area contributed by atoms with E-state index < -0.39 is 0 Å². The zero-order valence-corrected chi connectivity index (χ0v) is 14.0. The zero-order chi connectivity index (χ0) is 13.1. The number of nitrogens with zero attached hydrogens (tertiary/aromatic N) is 3. The zero-order valence-electron chi connectivity index (χ0n) is 11.3. The van der Waals surface area contributed by atoms with Crippen molar-refractivity contribution in [2.45, 2.75) is 26.8 Å². The molecule has 5 nitrogen and oxygen atoms in total. The first-order valence-corrected chi connectivity index (χ1v) is 6.65. The van der Waals surface area contributed by atoms with Crippen molar-refractivity contribution in [1.29, 1.82) is 0 Å². The van der Waals surface area contributed by atoms with Gasteiger partial charge in [-0.1, -0.05) is 11.3 Å². The van der Waals surface area contributed by atoms with Gasteiger partial charge in [0, 0.05) is 43.2 Å². The van der Waals surface area contributed by atoms with Crippen LogP contribution in [0.3, 0.4) is 0 Å². The van der Waals surface area contributed by atoms with Gasteiger partial charge in [-0.25, -0.2) is 9.97 Å².